The molecule has 0 saturated carbocycles. The summed E-state index contributed by atoms with van der Waals surface area (Å²) in [6, 6.07) is 9.14. The van der Waals surface area contributed by atoms with Crippen LogP contribution in [-0.2, 0) is 13.1 Å². The van der Waals surface area contributed by atoms with Gasteiger partial charge in [0.05, 0.1) is 11.4 Å². The summed E-state index contributed by atoms with van der Waals surface area (Å²) >= 11 is 0. The number of carbonyl (C=O) groups is 1. The maximum absolute atomic E-state index is 12.2. The van der Waals surface area contributed by atoms with Crippen LogP contribution in [0, 0.1) is 13.8 Å². The number of anilines is 1. The fourth-order valence-electron chi connectivity index (χ4n) is 2.79. The van der Waals surface area contributed by atoms with Gasteiger partial charge in [-0.15, -0.1) is 0 Å². The van der Waals surface area contributed by atoms with Crippen molar-refractivity contribution in [2.24, 2.45) is 0 Å². The molecule has 0 bridgehead atoms. The van der Waals surface area contributed by atoms with E-state index in [1.807, 2.05) is 55.1 Å². The minimum Gasteiger partial charge on any atom is -0.334 e. The molecule has 2 N–H and O–H groups in total. The summed E-state index contributed by atoms with van der Waals surface area (Å²) in [5, 5.41) is 14.4. The number of rotatable bonds is 5. The first-order valence-electron chi connectivity index (χ1n) is 8.26. The molecule has 0 fully saturated rings. The van der Waals surface area contributed by atoms with Crippen LogP contribution in [0.15, 0.2) is 42.7 Å². The van der Waals surface area contributed by atoms with Crippen molar-refractivity contribution in [2.45, 2.75) is 33.9 Å². The standard InChI is InChI=1S/C18H22N6O/c1-4-23-14(3)17(13(2)22-23)12-19-18(25)21-15-7-5-8-16(11-15)24-10-6-9-20-24/h5-11H,4,12H2,1-3H3,(H2,19,21,25). The number of nitrogens with zero attached hydrogens (tertiary/aromatic N) is 4. The molecule has 0 radical (unpaired) electrons. The van der Waals surface area contributed by atoms with Gasteiger partial charge in [-0.05, 0) is 45.0 Å². The van der Waals surface area contributed by atoms with Crippen molar-refractivity contribution in [3.8, 4) is 5.69 Å². The number of urea groups is 1. The molecule has 0 saturated heterocycles. The van der Waals surface area contributed by atoms with Gasteiger partial charge >= 0.3 is 6.03 Å². The first-order chi connectivity index (χ1) is 12.1. The molecular weight excluding hydrogens is 316 g/mol. The van der Waals surface area contributed by atoms with Gasteiger partial charge in [0.25, 0.3) is 0 Å². The van der Waals surface area contributed by atoms with E-state index in [1.54, 1.807) is 10.9 Å². The predicted octanol–water partition coefficient (Wildman–Crippen LogP) is 3.03. The van der Waals surface area contributed by atoms with Crippen LogP contribution in [-0.4, -0.2) is 25.6 Å². The van der Waals surface area contributed by atoms with Crippen LogP contribution < -0.4 is 10.6 Å². The van der Waals surface area contributed by atoms with E-state index in [4.69, 9.17) is 0 Å². The normalized spacial score (nSPS) is 10.7. The van der Waals surface area contributed by atoms with Crippen molar-refractivity contribution < 1.29 is 4.79 Å². The second-order valence-corrected chi connectivity index (χ2v) is 5.77. The first-order valence-corrected chi connectivity index (χ1v) is 8.26. The van der Waals surface area contributed by atoms with Crippen LogP contribution >= 0.6 is 0 Å². The lowest BCUT2D eigenvalue weighted by Gasteiger charge is -2.10. The van der Waals surface area contributed by atoms with E-state index >= 15 is 0 Å². The summed E-state index contributed by atoms with van der Waals surface area (Å²) in [6.07, 6.45) is 3.57. The molecule has 3 rings (SSSR count). The van der Waals surface area contributed by atoms with Crippen molar-refractivity contribution in [3.05, 3.63) is 59.7 Å². The topological polar surface area (TPSA) is 76.8 Å². The summed E-state index contributed by atoms with van der Waals surface area (Å²) < 4.78 is 3.69. The van der Waals surface area contributed by atoms with Crippen LogP contribution in [0.4, 0.5) is 10.5 Å². The summed E-state index contributed by atoms with van der Waals surface area (Å²) in [6.45, 7) is 7.30. The van der Waals surface area contributed by atoms with E-state index in [9.17, 15) is 4.79 Å². The van der Waals surface area contributed by atoms with Gasteiger partial charge in [-0.1, -0.05) is 6.07 Å². The molecule has 3 aromatic rings. The van der Waals surface area contributed by atoms with E-state index < -0.39 is 0 Å². The van der Waals surface area contributed by atoms with Gasteiger partial charge in [-0.25, -0.2) is 9.48 Å². The number of aryl methyl sites for hydroxylation is 2. The zero-order valence-corrected chi connectivity index (χ0v) is 14.7. The Morgan fingerprint density at radius 1 is 1.24 bits per heavy atom. The lowest BCUT2D eigenvalue weighted by Crippen LogP contribution is -2.28. The molecule has 25 heavy (non-hydrogen) atoms. The summed E-state index contributed by atoms with van der Waals surface area (Å²) in [7, 11) is 0. The molecule has 0 aliphatic carbocycles. The lowest BCUT2D eigenvalue weighted by molar-refractivity contribution is 0.251. The summed E-state index contributed by atoms with van der Waals surface area (Å²) in [5.41, 5.74) is 4.69. The SMILES string of the molecule is CCn1nc(C)c(CNC(=O)Nc2cccc(-n3cccn3)c2)c1C. The molecule has 0 spiro atoms. The van der Waals surface area contributed by atoms with Crippen LogP contribution in [0.25, 0.3) is 5.69 Å². The van der Waals surface area contributed by atoms with E-state index in [0.29, 0.717) is 12.2 Å². The Morgan fingerprint density at radius 3 is 2.76 bits per heavy atom. The molecule has 0 atom stereocenters. The fraction of sp³-hybridized carbons (Fsp3) is 0.278. The van der Waals surface area contributed by atoms with Crippen molar-refractivity contribution in [1.29, 1.82) is 0 Å². The zero-order valence-electron chi connectivity index (χ0n) is 14.7. The molecular formula is C18H22N6O. The van der Waals surface area contributed by atoms with Crippen LogP contribution in [0.5, 0.6) is 0 Å². The van der Waals surface area contributed by atoms with Crippen LogP contribution in [0.2, 0.25) is 0 Å². The van der Waals surface area contributed by atoms with Crippen molar-refractivity contribution in [1.82, 2.24) is 24.9 Å². The highest BCUT2D eigenvalue weighted by atomic mass is 16.2. The summed E-state index contributed by atoms with van der Waals surface area (Å²) in [5.74, 6) is 0. The molecule has 2 heterocycles. The molecule has 7 heteroatoms. The van der Waals surface area contributed by atoms with Crippen molar-refractivity contribution >= 4 is 11.7 Å². The quantitative estimate of drug-likeness (QED) is 0.751. The second-order valence-electron chi connectivity index (χ2n) is 5.77. The Labute approximate surface area is 146 Å². The smallest absolute Gasteiger partial charge is 0.319 e. The van der Waals surface area contributed by atoms with Gasteiger partial charge < -0.3 is 10.6 Å². The Kier molecular flexibility index (Phi) is 4.83. The van der Waals surface area contributed by atoms with Gasteiger partial charge in [0.15, 0.2) is 0 Å². The number of hydrogen-bond donors (Lipinski definition) is 2. The van der Waals surface area contributed by atoms with Crippen molar-refractivity contribution in [2.75, 3.05) is 5.32 Å². The maximum atomic E-state index is 12.2. The molecule has 1 aromatic carbocycles. The van der Waals surface area contributed by atoms with Gasteiger partial charge in [-0.2, -0.15) is 10.2 Å². The van der Waals surface area contributed by atoms with E-state index in [2.05, 4.69) is 27.8 Å². The fourth-order valence-corrected chi connectivity index (χ4v) is 2.79. The molecule has 7 nitrogen and oxygen atoms in total. The van der Waals surface area contributed by atoms with Crippen molar-refractivity contribution in [3.63, 3.8) is 0 Å². The molecule has 0 unspecified atom stereocenters. The average Bonchev–Trinajstić information content (AvgIpc) is 3.22. The molecule has 2 amide bonds. The Bertz CT molecular complexity index is 866. The van der Waals surface area contributed by atoms with E-state index in [0.717, 1.165) is 29.2 Å². The van der Waals surface area contributed by atoms with Gasteiger partial charge in [0.2, 0.25) is 0 Å². The third-order valence-corrected chi connectivity index (χ3v) is 4.13. The lowest BCUT2D eigenvalue weighted by atomic mass is 10.2. The maximum Gasteiger partial charge on any atom is 0.319 e. The van der Waals surface area contributed by atoms with Gasteiger partial charge in [0.1, 0.15) is 0 Å². The minimum atomic E-state index is -0.249. The number of nitrogens with one attached hydrogen (secondary N) is 2. The highest BCUT2D eigenvalue weighted by molar-refractivity contribution is 5.89. The van der Waals surface area contributed by atoms with E-state index in [-0.39, 0.29) is 6.03 Å². The highest BCUT2D eigenvalue weighted by Gasteiger charge is 2.11. The Hall–Kier alpha value is -3.09. The first kappa shape index (κ1) is 16.8. The zero-order chi connectivity index (χ0) is 17.8. The number of aromatic nitrogens is 4. The van der Waals surface area contributed by atoms with Crippen LogP contribution in [0.1, 0.15) is 23.9 Å². The third kappa shape index (κ3) is 3.71. The molecule has 2 aromatic heterocycles. The molecule has 0 aliphatic heterocycles. The van der Waals surface area contributed by atoms with Crippen LogP contribution in [0.3, 0.4) is 0 Å². The minimum absolute atomic E-state index is 0.249. The monoisotopic (exact) mass is 338 g/mol. The third-order valence-electron chi connectivity index (χ3n) is 4.13. The summed E-state index contributed by atoms with van der Waals surface area (Å²) in [4.78, 5) is 12.2. The largest absolute Gasteiger partial charge is 0.334 e. The number of amides is 2. The van der Waals surface area contributed by atoms with Gasteiger partial charge in [0, 0.05) is 42.4 Å². The van der Waals surface area contributed by atoms with Gasteiger partial charge in [-0.3, -0.25) is 4.68 Å². The Balaban J connectivity index is 1.64. The Morgan fingerprint density at radius 2 is 2.08 bits per heavy atom. The number of benzene rings is 1. The number of hydrogen-bond acceptors (Lipinski definition) is 3. The second kappa shape index (κ2) is 7.21. The van der Waals surface area contributed by atoms with E-state index in [1.165, 1.54) is 0 Å². The number of carbonyl (C=O) groups excluding carboxylic acids is 1. The molecule has 0 aliphatic rings. The average molecular weight is 338 g/mol. The highest BCUT2D eigenvalue weighted by Crippen LogP contribution is 2.15. The predicted molar refractivity (Wildman–Crippen MR) is 96.8 cm³/mol. The molecule has 130 valence electrons.